The van der Waals surface area contributed by atoms with Crippen molar-refractivity contribution < 1.29 is 9.53 Å². The van der Waals surface area contributed by atoms with Gasteiger partial charge in [-0.25, -0.2) is 4.79 Å². The van der Waals surface area contributed by atoms with Gasteiger partial charge in [0.15, 0.2) is 5.96 Å². The lowest BCUT2D eigenvalue weighted by Gasteiger charge is -2.24. The number of nitrogens with zero attached hydrogens (tertiary/aromatic N) is 5. The number of carbonyl (C=O) groups is 1. The fraction of sp³-hybridized carbons (Fsp3) is 0.545. The molecular weight excluding hydrogens is 394 g/mol. The highest BCUT2D eigenvalue weighted by atomic mass is 16.6. The van der Waals surface area contributed by atoms with E-state index in [4.69, 9.17) is 4.74 Å². The number of unbranched alkanes of at least 4 members (excludes halogenated alkanes) is 1. The van der Waals surface area contributed by atoms with E-state index in [0.717, 1.165) is 43.0 Å². The molecule has 1 amide bonds. The van der Waals surface area contributed by atoms with Gasteiger partial charge < -0.3 is 24.8 Å². The summed E-state index contributed by atoms with van der Waals surface area (Å²) in [5, 5.41) is 14.3. The van der Waals surface area contributed by atoms with Gasteiger partial charge in [-0.15, -0.1) is 10.2 Å². The van der Waals surface area contributed by atoms with E-state index in [0.29, 0.717) is 13.1 Å². The molecular formula is C22H35N7O2. The number of aliphatic imine (C=N–C) groups is 1. The van der Waals surface area contributed by atoms with Crippen LogP contribution in [0.2, 0.25) is 0 Å². The van der Waals surface area contributed by atoms with Gasteiger partial charge in [0.25, 0.3) is 0 Å². The van der Waals surface area contributed by atoms with Crippen molar-refractivity contribution in [3.63, 3.8) is 0 Å². The molecule has 2 aromatic rings. The minimum Gasteiger partial charge on any atom is -0.444 e. The second-order valence-electron chi connectivity index (χ2n) is 8.41. The van der Waals surface area contributed by atoms with E-state index in [1.165, 1.54) is 0 Å². The van der Waals surface area contributed by atoms with Crippen LogP contribution in [-0.4, -0.2) is 58.0 Å². The second-order valence-corrected chi connectivity index (χ2v) is 8.41. The number of hydrogen-bond acceptors (Lipinski definition) is 5. The first-order valence-corrected chi connectivity index (χ1v) is 10.6. The van der Waals surface area contributed by atoms with E-state index in [2.05, 4.69) is 38.0 Å². The Bertz CT molecular complexity index is 811. The van der Waals surface area contributed by atoms with Crippen LogP contribution >= 0.6 is 0 Å². The molecule has 9 nitrogen and oxygen atoms in total. The molecule has 0 aliphatic heterocycles. The van der Waals surface area contributed by atoms with Crippen LogP contribution in [0.3, 0.4) is 0 Å². The van der Waals surface area contributed by atoms with E-state index in [1.54, 1.807) is 31.6 Å². The van der Waals surface area contributed by atoms with Crippen molar-refractivity contribution in [3.05, 3.63) is 48.0 Å². The topological polar surface area (TPSA) is 96.7 Å². The average molecular weight is 430 g/mol. The lowest BCUT2D eigenvalue weighted by Crippen LogP contribution is -2.37. The van der Waals surface area contributed by atoms with Gasteiger partial charge in [-0.1, -0.05) is 24.3 Å². The van der Waals surface area contributed by atoms with E-state index in [1.807, 2.05) is 37.5 Å². The highest BCUT2D eigenvalue weighted by Gasteiger charge is 2.19. The Morgan fingerprint density at radius 2 is 1.74 bits per heavy atom. The number of nitrogens with one attached hydrogen (secondary N) is 2. The molecule has 0 atom stereocenters. The van der Waals surface area contributed by atoms with Crippen molar-refractivity contribution in [2.45, 2.75) is 58.8 Å². The van der Waals surface area contributed by atoms with Crippen molar-refractivity contribution in [1.82, 2.24) is 30.3 Å². The Morgan fingerprint density at radius 3 is 2.35 bits per heavy atom. The molecule has 1 aromatic heterocycles. The standard InChI is InChI=1S/C22H35N7O2/c1-22(2,3)31-21(30)28(5)15-19-10-8-18(9-11-19)14-25-20(23-4)24-12-6-7-13-29-16-26-27-17-29/h8-11,16-17H,6-7,12-15H2,1-5H3,(H2,23,24,25). The van der Waals surface area contributed by atoms with Crippen molar-refractivity contribution in [3.8, 4) is 0 Å². The molecule has 170 valence electrons. The smallest absolute Gasteiger partial charge is 0.410 e. The summed E-state index contributed by atoms with van der Waals surface area (Å²) in [5.41, 5.74) is 1.69. The number of benzene rings is 1. The first-order valence-electron chi connectivity index (χ1n) is 10.6. The van der Waals surface area contributed by atoms with E-state index in [-0.39, 0.29) is 6.09 Å². The van der Waals surface area contributed by atoms with Gasteiger partial charge in [0, 0.05) is 40.3 Å². The van der Waals surface area contributed by atoms with Gasteiger partial charge in [-0.05, 0) is 44.7 Å². The van der Waals surface area contributed by atoms with E-state index in [9.17, 15) is 4.79 Å². The minimum atomic E-state index is -0.495. The molecule has 1 aromatic carbocycles. The third-order valence-electron chi connectivity index (χ3n) is 4.43. The number of hydrogen-bond donors (Lipinski definition) is 2. The molecule has 1 heterocycles. The predicted molar refractivity (Wildman–Crippen MR) is 122 cm³/mol. The first-order chi connectivity index (χ1) is 14.8. The maximum absolute atomic E-state index is 12.1. The summed E-state index contributed by atoms with van der Waals surface area (Å²) in [7, 11) is 3.51. The van der Waals surface area contributed by atoms with Gasteiger partial charge in [0.05, 0.1) is 0 Å². The largest absolute Gasteiger partial charge is 0.444 e. The third kappa shape index (κ3) is 9.50. The molecule has 0 aliphatic rings. The molecule has 0 radical (unpaired) electrons. The fourth-order valence-electron chi connectivity index (χ4n) is 2.81. The van der Waals surface area contributed by atoms with Gasteiger partial charge in [-0.2, -0.15) is 0 Å². The number of guanidine groups is 1. The van der Waals surface area contributed by atoms with Crippen LogP contribution in [0.1, 0.15) is 44.7 Å². The van der Waals surface area contributed by atoms with Gasteiger partial charge in [-0.3, -0.25) is 4.99 Å². The zero-order valence-electron chi connectivity index (χ0n) is 19.3. The normalized spacial score (nSPS) is 11.8. The molecule has 2 rings (SSSR count). The summed E-state index contributed by atoms with van der Waals surface area (Å²) >= 11 is 0. The lowest BCUT2D eigenvalue weighted by molar-refractivity contribution is 0.0285. The Labute approximate surface area is 184 Å². The van der Waals surface area contributed by atoms with Gasteiger partial charge >= 0.3 is 6.09 Å². The highest BCUT2D eigenvalue weighted by Crippen LogP contribution is 2.12. The monoisotopic (exact) mass is 429 g/mol. The van der Waals surface area contributed by atoms with Crippen LogP contribution in [0.4, 0.5) is 4.79 Å². The Balaban J connectivity index is 1.69. The highest BCUT2D eigenvalue weighted by molar-refractivity contribution is 5.79. The molecule has 0 unspecified atom stereocenters. The third-order valence-corrected chi connectivity index (χ3v) is 4.43. The van der Waals surface area contributed by atoms with Crippen LogP contribution < -0.4 is 10.6 Å². The fourth-order valence-corrected chi connectivity index (χ4v) is 2.81. The number of ether oxygens (including phenoxy) is 1. The SMILES string of the molecule is CN=C(NCCCCn1cnnc1)NCc1ccc(CN(C)C(=O)OC(C)(C)C)cc1. The van der Waals surface area contributed by atoms with Crippen molar-refractivity contribution >= 4 is 12.1 Å². The molecule has 2 N–H and O–H groups in total. The van der Waals surface area contributed by atoms with Crippen LogP contribution in [0.25, 0.3) is 0 Å². The molecule has 9 heteroatoms. The minimum absolute atomic E-state index is 0.324. The van der Waals surface area contributed by atoms with Crippen molar-refractivity contribution in [2.24, 2.45) is 4.99 Å². The van der Waals surface area contributed by atoms with Crippen LogP contribution in [-0.2, 0) is 24.4 Å². The summed E-state index contributed by atoms with van der Waals surface area (Å²) in [6.45, 7) is 8.52. The van der Waals surface area contributed by atoms with Crippen LogP contribution in [0, 0.1) is 0 Å². The molecule has 0 aliphatic carbocycles. The molecule has 0 bridgehead atoms. The average Bonchev–Trinajstić information content (AvgIpc) is 3.23. The number of rotatable bonds is 9. The zero-order chi connectivity index (χ0) is 22.7. The first kappa shape index (κ1) is 24.2. The number of carbonyl (C=O) groups excluding carboxylic acids is 1. The zero-order valence-corrected chi connectivity index (χ0v) is 19.3. The van der Waals surface area contributed by atoms with Gasteiger partial charge in [0.2, 0.25) is 0 Å². The second kappa shape index (κ2) is 11.9. The summed E-state index contributed by atoms with van der Waals surface area (Å²) < 4.78 is 7.36. The maximum Gasteiger partial charge on any atom is 0.410 e. The summed E-state index contributed by atoms with van der Waals surface area (Å²) in [5.74, 6) is 0.776. The number of aryl methyl sites for hydroxylation is 1. The predicted octanol–water partition coefficient (Wildman–Crippen LogP) is 2.79. The molecule has 0 fully saturated rings. The number of aromatic nitrogens is 3. The maximum atomic E-state index is 12.1. The van der Waals surface area contributed by atoms with Gasteiger partial charge in [0.1, 0.15) is 18.3 Å². The van der Waals surface area contributed by atoms with Crippen molar-refractivity contribution in [2.75, 3.05) is 20.6 Å². The van der Waals surface area contributed by atoms with E-state index < -0.39 is 5.60 Å². The van der Waals surface area contributed by atoms with Crippen LogP contribution in [0.15, 0.2) is 41.9 Å². The molecule has 0 saturated heterocycles. The lowest BCUT2D eigenvalue weighted by atomic mass is 10.1. The summed E-state index contributed by atoms with van der Waals surface area (Å²) in [6.07, 6.45) is 5.21. The Morgan fingerprint density at radius 1 is 1.10 bits per heavy atom. The summed E-state index contributed by atoms with van der Waals surface area (Å²) in [4.78, 5) is 17.9. The molecule has 0 saturated carbocycles. The quantitative estimate of drug-likeness (QED) is 0.361. The molecule has 0 spiro atoms. The van der Waals surface area contributed by atoms with Crippen LogP contribution in [0.5, 0.6) is 0 Å². The Kier molecular flexibility index (Phi) is 9.30. The Hall–Kier alpha value is -3.10. The summed E-state index contributed by atoms with van der Waals surface area (Å²) in [6, 6.07) is 8.16. The van der Waals surface area contributed by atoms with Crippen molar-refractivity contribution in [1.29, 1.82) is 0 Å². The van der Waals surface area contributed by atoms with E-state index >= 15 is 0 Å². The molecule has 31 heavy (non-hydrogen) atoms. The number of amides is 1.